The Kier molecular flexibility index (Phi) is 8.70. The summed E-state index contributed by atoms with van der Waals surface area (Å²) >= 11 is 0. The van der Waals surface area contributed by atoms with Crippen LogP contribution < -0.4 is 14.8 Å². The lowest BCUT2D eigenvalue weighted by Crippen LogP contribution is -2.50. The Morgan fingerprint density at radius 3 is 2.74 bits per heavy atom. The Labute approximate surface area is 206 Å². The summed E-state index contributed by atoms with van der Waals surface area (Å²) in [6, 6.07) is 8.15. The number of likely N-dealkylation sites (N-methyl/N-ethyl adjacent to an activating group) is 1. The maximum absolute atomic E-state index is 13.4. The van der Waals surface area contributed by atoms with Crippen LogP contribution in [-0.2, 0) is 0 Å². The van der Waals surface area contributed by atoms with Crippen molar-refractivity contribution in [3.05, 3.63) is 53.7 Å². The van der Waals surface area contributed by atoms with Crippen molar-refractivity contribution in [1.29, 1.82) is 0 Å². The number of methoxy groups -OCH3 is 1. The molecule has 1 aromatic heterocycles. The van der Waals surface area contributed by atoms with Crippen LogP contribution >= 0.6 is 0 Å². The van der Waals surface area contributed by atoms with Gasteiger partial charge in [-0.25, -0.2) is 9.78 Å². The average Bonchev–Trinajstić information content (AvgIpc) is 2.86. The molecule has 3 atom stereocenters. The van der Waals surface area contributed by atoms with Crippen molar-refractivity contribution in [2.75, 3.05) is 39.2 Å². The second-order valence-electron chi connectivity index (χ2n) is 8.78. The van der Waals surface area contributed by atoms with Crippen molar-refractivity contribution in [2.24, 2.45) is 5.92 Å². The number of allylic oxidation sites excluding steroid dienone is 1. The van der Waals surface area contributed by atoms with E-state index in [1.54, 1.807) is 67.4 Å². The maximum atomic E-state index is 13.4. The lowest BCUT2D eigenvalue weighted by Gasteiger charge is -2.37. The van der Waals surface area contributed by atoms with Crippen molar-refractivity contribution < 1.29 is 24.2 Å². The summed E-state index contributed by atoms with van der Waals surface area (Å²) < 4.78 is 11.4. The zero-order valence-corrected chi connectivity index (χ0v) is 20.9. The van der Waals surface area contributed by atoms with E-state index >= 15 is 0 Å². The van der Waals surface area contributed by atoms with E-state index in [-0.39, 0.29) is 42.9 Å². The topological polar surface area (TPSA) is 104 Å². The predicted octanol–water partition coefficient (Wildman–Crippen LogP) is 3.51. The molecule has 0 saturated heterocycles. The summed E-state index contributed by atoms with van der Waals surface area (Å²) in [5.74, 6) is 0.553. The molecule has 9 heteroatoms. The van der Waals surface area contributed by atoms with Gasteiger partial charge in [-0.2, -0.15) is 0 Å². The molecule has 0 spiro atoms. The number of pyridine rings is 1. The zero-order chi connectivity index (χ0) is 25.5. The number of aliphatic hydroxyl groups is 1. The number of hydrogen-bond acceptors (Lipinski definition) is 6. The van der Waals surface area contributed by atoms with Crippen molar-refractivity contribution in [3.8, 4) is 11.6 Å². The number of aromatic nitrogens is 1. The molecule has 0 saturated carbocycles. The minimum absolute atomic E-state index is 0.130. The van der Waals surface area contributed by atoms with Gasteiger partial charge in [0.15, 0.2) is 0 Å². The number of fused-ring (bicyclic) bond motifs is 1. The van der Waals surface area contributed by atoms with Gasteiger partial charge >= 0.3 is 6.03 Å². The fourth-order valence-corrected chi connectivity index (χ4v) is 3.87. The van der Waals surface area contributed by atoms with E-state index < -0.39 is 6.10 Å². The van der Waals surface area contributed by atoms with Crippen LogP contribution in [0.25, 0.3) is 6.08 Å². The number of ether oxygens (including phenoxy) is 2. The quantitative estimate of drug-likeness (QED) is 0.626. The van der Waals surface area contributed by atoms with Gasteiger partial charge in [0.1, 0.15) is 17.4 Å². The number of nitrogens with one attached hydrogen (secondary N) is 1. The van der Waals surface area contributed by atoms with Crippen LogP contribution in [0, 0.1) is 5.92 Å². The normalized spacial score (nSPS) is 18.8. The van der Waals surface area contributed by atoms with E-state index in [9.17, 15) is 14.7 Å². The molecule has 0 unspecified atom stereocenters. The second kappa shape index (κ2) is 11.7. The average molecular weight is 483 g/mol. The fraction of sp³-hybridized carbons (Fsp3) is 0.423. The van der Waals surface area contributed by atoms with Gasteiger partial charge in [-0.05, 0) is 49.7 Å². The Morgan fingerprint density at radius 2 is 2.11 bits per heavy atom. The molecule has 2 N–H and O–H groups in total. The number of urea groups is 1. The van der Waals surface area contributed by atoms with Gasteiger partial charge < -0.3 is 29.7 Å². The molecule has 0 fully saturated rings. The molecule has 0 radical (unpaired) electrons. The Hall–Kier alpha value is -3.59. The summed E-state index contributed by atoms with van der Waals surface area (Å²) in [5.41, 5.74) is 1.76. The molecule has 3 amide bonds. The highest BCUT2D eigenvalue weighted by atomic mass is 16.5. The minimum Gasteiger partial charge on any atom is -0.497 e. The number of amides is 3. The third-order valence-corrected chi connectivity index (χ3v) is 6.04. The molecular formula is C26H34N4O5. The van der Waals surface area contributed by atoms with Crippen molar-refractivity contribution >= 4 is 23.7 Å². The second-order valence-corrected chi connectivity index (χ2v) is 8.78. The van der Waals surface area contributed by atoms with Crippen molar-refractivity contribution in [3.63, 3.8) is 0 Å². The first-order valence-corrected chi connectivity index (χ1v) is 11.6. The number of nitrogens with zero attached hydrogens (tertiary/aromatic N) is 3. The van der Waals surface area contributed by atoms with Crippen LogP contribution in [0.1, 0.15) is 36.7 Å². The Bertz CT molecular complexity index is 1060. The van der Waals surface area contributed by atoms with Crippen molar-refractivity contribution in [1.82, 2.24) is 14.8 Å². The minimum atomic E-state index is -0.429. The standard InChI is InChI=1S/C26H34N4O5/c1-6-7-19-12-22-24(27-13-19)35-23(17(2)14-30(25(22)32)18(3)16-31)15-29(4)26(33)28-20-8-10-21(34-5)11-9-20/h6-13,17-18,23,31H,14-16H2,1-5H3,(H,28,33)/b7-6+/t17-,18-,23-/m1/s1. The molecule has 35 heavy (non-hydrogen) atoms. The highest BCUT2D eigenvalue weighted by Gasteiger charge is 2.34. The lowest BCUT2D eigenvalue weighted by molar-refractivity contribution is 0.0356. The smallest absolute Gasteiger partial charge is 0.321 e. The predicted molar refractivity (Wildman–Crippen MR) is 135 cm³/mol. The Morgan fingerprint density at radius 1 is 1.40 bits per heavy atom. The van der Waals surface area contributed by atoms with Gasteiger partial charge in [0.05, 0.1) is 26.3 Å². The molecule has 9 nitrogen and oxygen atoms in total. The van der Waals surface area contributed by atoms with Crippen LogP contribution in [-0.4, -0.2) is 77.8 Å². The first-order valence-electron chi connectivity index (χ1n) is 11.6. The number of aliphatic hydroxyl groups excluding tert-OH is 1. The summed E-state index contributed by atoms with van der Waals surface area (Å²) in [6.45, 7) is 6.14. The van der Waals surface area contributed by atoms with Crippen LogP contribution in [0.15, 0.2) is 42.6 Å². The highest BCUT2D eigenvalue weighted by molar-refractivity contribution is 5.97. The molecule has 3 rings (SSSR count). The number of benzene rings is 1. The molecule has 188 valence electrons. The largest absolute Gasteiger partial charge is 0.497 e. The lowest BCUT2D eigenvalue weighted by atomic mass is 10.00. The van der Waals surface area contributed by atoms with Gasteiger partial charge in [-0.15, -0.1) is 0 Å². The van der Waals surface area contributed by atoms with Crippen LogP contribution in [0.4, 0.5) is 10.5 Å². The van der Waals surface area contributed by atoms with E-state index in [1.807, 2.05) is 26.0 Å². The third kappa shape index (κ3) is 6.30. The molecule has 1 aliphatic heterocycles. The van der Waals surface area contributed by atoms with Gasteiger partial charge in [-0.3, -0.25) is 4.79 Å². The number of carbonyl (C=O) groups excluding carboxylic acids is 2. The zero-order valence-electron chi connectivity index (χ0n) is 20.9. The number of anilines is 1. The first-order chi connectivity index (χ1) is 16.8. The summed E-state index contributed by atoms with van der Waals surface area (Å²) in [4.78, 5) is 33.8. The van der Waals surface area contributed by atoms with Crippen molar-refractivity contribution in [2.45, 2.75) is 32.9 Å². The molecule has 2 heterocycles. The fourth-order valence-electron chi connectivity index (χ4n) is 3.87. The monoisotopic (exact) mass is 482 g/mol. The van der Waals surface area contributed by atoms with Crippen LogP contribution in [0.2, 0.25) is 0 Å². The summed E-state index contributed by atoms with van der Waals surface area (Å²) in [6.07, 6.45) is 4.95. The number of hydrogen-bond donors (Lipinski definition) is 2. The van der Waals surface area contributed by atoms with E-state index in [2.05, 4.69) is 10.3 Å². The SMILES string of the molecule is C/C=C/c1cnc2c(c1)C(=O)N([C@H](C)CO)C[C@@H](C)[C@@H](CN(C)C(=O)Nc1ccc(OC)cc1)O2. The van der Waals surface area contributed by atoms with Gasteiger partial charge in [0.25, 0.3) is 5.91 Å². The van der Waals surface area contributed by atoms with Crippen LogP contribution in [0.3, 0.4) is 0 Å². The summed E-state index contributed by atoms with van der Waals surface area (Å²) in [5, 5.41) is 12.6. The first kappa shape index (κ1) is 26.0. The van der Waals surface area contributed by atoms with Gasteiger partial charge in [0, 0.05) is 31.4 Å². The molecule has 2 aromatic rings. The number of carbonyl (C=O) groups is 2. The van der Waals surface area contributed by atoms with Gasteiger partial charge in [0.2, 0.25) is 5.88 Å². The van der Waals surface area contributed by atoms with Crippen LogP contribution in [0.5, 0.6) is 11.6 Å². The molecule has 0 bridgehead atoms. The summed E-state index contributed by atoms with van der Waals surface area (Å²) in [7, 11) is 3.28. The van der Waals surface area contributed by atoms with Gasteiger partial charge in [-0.1, -0.05) is 19.1 Å². The molecule has 0 aliphatic carbocycles. The molecule has 1 aliphatic rings. The van der Waals surface area contributed by atoms with E-state index in [0.29, 0.717) is 23.5 Å². The van der Waals surface area contributed by atoms with E-state index in [1.165, 1.54) is 0 Å². The Balaban J connectivity index is 1.83. The van der Waals surface area contributed by atoms with E-state index in [4.69, 9.17) is 9.47 Å². The highest BCUT2D eigenvalue weighted by Crippen LogP contribution is 2.28. The molecular weight excluding hydrogens is 448 g/mol. The molecule has 1 aromatic carbocycles. The maximum Gasteiger partial charge on any atom is 0.321 e. The van der Waals surface area contributed by atoms with E-state index in [0.717, 1.165) is 5.56 Å². The third-order valence-electron chi connectivity index (χ3n) is 6.04. The number of rotatable bonds is 7.